The van der Waals surface area contributed by atoms with E-state index in [0.717, 1.165) is 30.6 Å². The van der Waals surface area contributed by atoms with Gasteiger partial charge in [0.1, 0.15) is 0 Å². The highest BCUT2D eigenvalue weighted by molar-refractivity contribution is 7.71. The summed E-state index contributed by atoms with van der Waals surface area (Å²) < 4.78 is 0.135. The minimum atomic E-state index is -0.333. The van der Waals surface area contributed by atoms with Crippen LogP contribution in [0.5, 0.6) is 5.88 Å². The van der Waals surface area contributed by atoms with E-state index in [1.807, 2.05) is 31.2 Å². The SMILES string of the molecule is Cc1ccc([C@H](c2c(O)[nH]c(=S)[nH]c2=O)N2CCC[C@@H](C)C2)cc1. The lowest BCUT2D eigenvalue weighted by Crippen LogP contribution is -2.40. The number of nitrogens with zero attached hydrogens (tertiary/aromatic N) is 1. The van der Waals surface area contributed by atoms with Gasteiger partial charge in [0.15, 0.2) is 4.77 Å². The zero-order valence-corrected chi connectivity index (χ0v) is 14.8. The third-order valence-corrected chi connectivity index (χ3v) is 4.88. The van der Waals surface area contributed by atoms with E-state index < -0.39 is 0 Å². The quantitative estimate of drug-likeness (QED) is 0.747. The number of benzene rings is 1. The van der Waals surface area contributed by atoms with Gasteiger partial charge in [-0.3, -0.25) is 14.7 Å². The molecule has 1 aliphatic rings. The molecule has 1 saturated heterocycles. The molecule has 2 heterocycles. The van der Waals surface area contributed by atoms with Gasteiger partial charge in [-0.25, -0.2) is 0 Å². The smallest absolute Gasteiger partial charge is 0.260 e. The predicted molar refractivity (Wildman–Crippen MR) is 96.9 cm³/mol. The van der Waals surface area contributed by atoms with Crippen molar-refractivity contribution < 1.29 is 5.11 Å². The van der Waals surface area contributed by atoms with Gasteiger partial charge in [-0.05, 0) is 50.0 Å². The molecule has 24 heavy (non-hydrogen) atoms. The Labute approximate surface area is 146 Å². The Balaban J connectivity index is 2.13. The van der Waals surface area contributed by atoms with Crippen LogP contribution in [0.4, 0.5) is 0 Å². The van der Waals surface area contributed by atoms with E-state index in [2.05, 4.69) is 21.8 Å². The second kappa shape index (κ2) is 6.91. The third kappa shape index (κ3) is 3.44. The fraction of sp³-hybridized carbons (Fsp3) is 0.444. The van der Waals surface area contributed by atoms with Crippen LogP contribution in [0.2, 0.25) is 0 Å². The van der Waals surface area contributed by atoms with Gasteiger partial charge >= 0.3 is 0 Å². The van der Waals surface area contributed by atoms with Crippen molar-refractivity contribution >= 4 is 12.2 Å². The number of hydrogen-bond donors (Lipinski definition) is 3. The second-order valence-corrected chi connectivity index (χ2v) is 7.13. The van der Waals surface area contributed by atoms with Crippen molar-refractivity contribution in [1.29, 1.82) is 0 Å². The number of aryl methyl sites for hydroxylation is 1. The summed E-state index contributed by atoms with van der Waals surface area (Å²) in [6.45, 7) is 6.05. The summed E-state index contributed by atoms with van der Waals surface area (Å²) in [5.74, 6) is 0.419. The summed E-state index contributed by atoms with van der Waals surface area (Å²) in [6, 6.07) is 7.83. The number of piperidine rings is 1. The first-order chi connectivity index (χ1) is 11.5. The molecular weight excluding hydrogens is 322 g/mol. The van der Waals surface area contributed by atoms with Crippen LogP contribution in [0.25, 0.3) is 0 Å². The minimum Gasteiger partial charge on any atom is -0.494 e. The molecule has 6 heteroatoms. The van der Waals surface area contributed by atoms with Crippen LogP contribution >= 0.6 is 12.2 Å². The third-order valence-electron chi connectivity index (χ3n) is 4.68. The molecule has 0 saturated carbocycles. The van der Waals surface area contributed by atoms with Gasteiger partial charge in [0.2, 0.25) is 5.88 Å². The Morgan fingerprint density at radius 1 is 1.29 bits per heavy atom. The maximum Gasteiger partial charge on any atom is 0.260 e. The van der Waals surface area contributed by atoms with Crippen molar-refractivity contribution in [2.24, 2.45) is 5.92 Å². The summed E-state index contributed by atoms with van der Waals surface area (Å²) in [5, 5.41) is 10.4. The summed E-state index contributed by atoms with van der Waals surface area (Å²) in [4.78, 5) is 20.1. The number of aromatic amines is 2. The van der Waals surface area contributed by atoms with Crippen molar-refractivity contribution in [1.82, 2.24) is 14.9 Å². The lowest BCUT2D eigenvalue weighted by Gasteiger charge is -2.37. The standard InChI is InChI=1S/C18H23N3O2S/c1-11-5-7-13(8-6-11)15(21-9-3-4-12(2)10-21)14-16(22)19-18(24)20-17(14)23/h5-8,12,15H,3-4,9-10H2,1-2H3,(H3,19,20,22,23,24)/t12-,15-/m1/s1. The molecule has 1 fully saturated rings. The molecular formula is C18H23N3O2S. The van der Waals surface area contributed by atoms with Crippen LogP contribution in [0.3, 0.4) is 0 Å². The summed E-state index contributed by atoms with van der Waals surface area (Å²) in [6.07, 6.45) is 2.28. The summed E-state index contributed by atoms with van der Waals surface area (Å²) in [5.41, 5.74) is 2.16. The molecule has 128 valence electrons. The molecule has 0 aliphatic carbocycles. The number of aromatic nitrogens is 2. The molecule has 1 aromatic carbocycles. The van der Waals surface area contributed by atoms with Gasteiger partial charge in [0, 0.05) is 6.54 Å². The summed E-state index contributed by atoms with van der Waals surface area (Å²) in [7, 11) is 0. The maximum atomic E-state index is 12.5. The lowest BCUT2D eigenvalue weighted by molar-refractivity contribution is 0.146. The highest BCUT2D eigenvalue weighted by atomic mass is 32.1. The normalized spacial score (nSPS) is 20.0. The van der Waals surface area contributed by atoms with E-state index in [9.17, 15) is 9.90 Å². The molecule has 5 nitrogen and oxygen atoms in total. The fourth-order valence-corrected chi connectivity index (χ4v) is 3.70. The van der Waals surface area contributed by atoms with E-state index >= 15 is 0 Å². The average Bonchev–Trinajstić information content (AvgIpc) is 2.52. The van der Waals surface area contributed by atoms with Gasteiger partial charge in [-0.1, -0.05) is 36.8 Å². The van der Waals surface area contributed by atoms with Crippen LogP contribution in [0, 0.1) is 17.6 Å². The van der Waals surface area contributed by atoms with Crippen molar-refractivity contribution in [3.63, 3.8) is 0 Å². The van der Waals surface area contributed by atoms with E-state index in [1.54, 1.807) is 0 Å². The van der Waals surface area contributed by atoms with E-state index in [-0.39, 0.29) is 22.3 Å². The molecule has 3 rings (SSSR count). The molecule has 0 unspecified atom stereocenters. The molecule has 0 bridgehead atoms. The zero-order valence-electron chi connectivity index (χ0n) is 14.0. The number of likely N-dealkylation sites (tertiary alicyclic amines) is 1. The van der Waals surface area contributed by atoms with Crippen molar-refractivity contribution in [3.8, 4) is 5.88 Å². The molecule has 2 aromatic rings. The first-order valence-corrected chi connectivity index (χ1v) is 8.72. The first-order valence-electron chi connectivity index (χ1n) is 8.32. The van der Waals surface area contributed by atoms with Crippen molar-refractivity contribution in [2.45, 2.75) is 32.7 Å². The highest BCUT2D eigenvalue weighted by Crippen LogP contribution is 2.33. The van der Waals surface area contributed by atoms with Crippen molar-refractivity contribution in [3.05, 3.63) is 56.1 Å². The number of H-pyrrole nitrogens is 2. The zero-order chi connectivity index (χ0) is 17.3. The van der Waals surface area contributed by atoms with Crippen LogP contribution in [0.15, 0.2) is 29.1 Å². The fourth-order valence-electron chi connectivity index (χ4n) is 3.51. The Morgan fingerprint density at radius 2 is 2.00 bits per heavy atom. The average molecular weight is 345 g/mol. The highest BCUT2D eigenvalue weighted by Gasteiger charge is 2.30. The number of hydrogen-bond acceptors (Lipinski definition) is 4. The maximum absolute atomic E-state index is 12.5. The minimum absolute atomic E-state index is 0.135. The largest absolute Gasteiger partial charge is 0.494 e. The molecule has 0 amide bonds. The van der Waals surface area contributed by atoms with Crippen LogP contribution in [0.1, 0.15) is 42.5 Å². The van der Waals surface area contributed by atoms with Crippen LogP contribution < -0.4 is 5.56 Å². The van der Waals surface area contributed by atoms with Gasteiger partial charge < -0.3 is 10.1 Å². The monoisotopic (exact) mass is 345 g/mol. The number of aromatic hydroxyl groups is 1. The van der Waals surface area contributed by atoms with Crippen LogP contribution in [-0.4, -0.2) is 33.1 Å². The van der Waals surface area contributed by atoms with E-state index in [0.29, 0.717) is 11.5 Å². The second-order valence-electron chi connectivity index (χ2n) is 6.73. The Morgan fingerprint density at radius 3 is 2.62 bits per heavy atom. The Hall–Kier alpha value is -1.92. The van der Waals surface area contributed by atoms with E-state index in [4.69, 9.17) is 12.2 Å². The number of nitrogens with one attached hydrogen (secondary N) is 2. The summed E-state index contributed by atoms with van der Waals surface area (Å²) >= 11 is 4.96. The van der Waals surface area contributed by atoms with Crippen LogP contribution in [-0.2, 0) is 0 Å². The molecule has 0 radical (unpaired) electrons. The van der Waals surface area contributed by atoms with Crippen molar-refractivity contribution in [2.75, 3.05) is 13.1 Å². The van der Waals surface area contributed by atoms with Gasteiger partial charge in [0.25, 0.3) is 5.56 Å². The lowest BCUT2D eigenvalue weighted by atomic mass is 9.92. The molecule has 0 spiro atoms. The topological polar surface area (TPSA) is 72.1 Å². The molecule has 1 aromatic heterocycles. The van der Waals surface area contributed by atoms with Gasteiger partial charge in [-0.15, -0.1) is 0 Å². The van der Waals surface area contributed by atoms with Gasteiger partial charge in [0.05, 0.1) is 11.6 Å². The Kier molecular flexibility index (Phi) is 4.87. The molecule has 2 atom stereocenters. The van der Waals surface area contributed by atoms with E-state index in [1.165, 1.54) is 6.42 Å². The van der Waals surface area contributed by atoms with Gasteiger partial charge in [-0.2, -0.15) is 0 Å². The molecule has 1 aliphatic heterocycles. The Bertz CT molecular complexity index is 825. The number of rotatable bonds is 3. The predicted octanol–water partition coefficient (Wildman–Crippen LogP) is 3.27. The molecule has 3 N–H and O–H groups in total. The first kappa shape index (κ1) is 16.9.